The van der Waals surface area contributed by atoms with Gasteiger partial charge in [-0.25, -0.2) is 4.99 Å². The van der Waals surface area contributed by atoms with Crippen LogP contribution in [0.15, 0.2) is 29.3 Å². The summed E-state index contributed by atoms with van der Waals surface area (Å²) < 4.78 is 5.34. The molecule has 1 aromatic rings. The molecule has 2 aliphatic heterocycles. The Kier molecular flexibility index (Phi) is 8.11. The van der Waals surface area contributed by atoms with Gasteiger partial charge in [0.25, 0.3) is 0 Å². The monoisotopic (exact) mass is 387 g/mol. The van der Waals surface area contributed by atoms with E-state index < -0.39 is 0 Å². The number of benzene rings is 1. The maximum Gasteiger partial charge on any atom is 0.225 e. The molecule has 0 atom stereocenters. The minimum atomic E-state index is 0.0382. The van der Waals surface area contributed by atoms with Gasteiger partial charge >= 0.3 is 0 Å². The second kappa shape index (κ2) is 11.0. The molecule has 7 nitrogen and oxygen atoms in total. The van der Waals surface area contributed by atoms with Crippen molar-refractivity contribution >= 4 is 17.6 Å². The quantitative estimate of drug-likeness (QED) is 0.576. The van der Waals surface area contributed by atoms with Crippen LogP contribution in [0.25, 0.3) is 0 Å². The van der Waals surface area contributed by atoms with Crippen molar-refractivity contribution in [2.45, 2.75) is 38.6 Å². The zero-order chi connectivity index (χ0) is 19.6. The normalized spacial score (nSPS) is 19.3. The SMILES string of the molecule is NC(=NCc1cccc(NC(=O)CCN2CCOCC2)c1)N1CCCCCC1. The number of aliphatic imine (C=N–C) groups is 1. The number of nitrogens with one attached hydrogen (secondary N) is 1. The Hall–Kier alpha value is -2.12. The van der Waals surface area contributed by atoms with Crippen molar-refractivity contribution in [3.05, 3.63) is 29.8 Å². The van der Waals surface area contributed by atoms with Gasteiger partial charge in [-0.15, -0.1) is 0 Å². The molecule has 2 aliphatic rings. The van der Waals surface area contributed by atoms with Gasteiger partial charge in [-0.2, -0.15) is 0 Å². The van der Waals surface area contributed by atoms with Crippen molar-refractivity contribution < 1.29 is 9.53 Å². The maximum absolute atomic E-state index is 12.2. The fourth-order valence-electron chi connectivity index (χ4n) is 3.63. The van der Waals surface area contributed by atoms with Crippen LogP contribution in [0.3, 0.4) is 0 Å². The molecule has 2 fully saturated rings. The summed E-state index contributed by atoms with van der Waals surface area (Å²) in [5.74, 6) is 0.665. The third-order valence-electron chi connectivity index (χ3n) is 5.32. The number of anilines is 1. The Morgan fingerprint density at radius 1 is 1.11 bits per heavy atom. The van der Waals surface area contributed by atoms with Crippen LogP contribution in [-0.4, -0.2) is 67.6 Å². The van der Waals surface area contributed by atoms with E-state index in [-0.39, 0.29) is 5.91 Å². The Morgan fingerprint density at radius 2 is 1.86 bits per heavy atom. The highest BCUT2D eigenvalue weighted by molar-refractivity contribution is 5.90. The second-order valence-electron chi connectivity index (χ2n) is 7.53. The van der Waals surface area contributed by atoms with Gasteiger partial charge < -0.3 is 20.7 Å². The van der Waals surface area contributed by atoms with E-state index in [0.29, 0.717) is 18.9 Å². The third-order valence-corrected chi connectivity index (χ3v) is 5.32. The highest BCUT2D eigenvalue weighted by Gasteiger charge is 2.13. The molecule has 1 aromatic carbocycles. The summed E-state index contributed by atoms with van der Waals surface area (Å²) in [5.41, 5.74) is 8.05. The summed E-state index contributed by atoms with van der Waals surface area (Å²) in [6.07, 6.45) is 5.41. The molecule has 0 aliphatic carbocycles. The van der Waals surface area contributed by atoms with E-state index in [4.69, 9.17) is 10.5 Å². The Labute approximate surface area is 167 Å². The van der Waals surface area contributed by atoms with Gasteiger partial charge in [0.05, 0.1) is 19.8 Å². The minimum Gasteiger partial charge on any atom is -0.379 e. The zero-order valence-corrected chi connectivity index (χ0v) is 16.7. The standard InChI is InChI=1S/C21H33N5O2/c22-21(26-9-3-1-2-4-10-26)23-17-18-6-5-7-19(16-18)24-20(27)8-11-25-12-14-28-15-13-25/h5-7,16H,1-4,8-15,17H2,(H2,22,23)(H,24,27). The molecule has 7 heteroatoms. The average Bonchev–Trinajstić information content (AvgIpc) is 3.01. The van der Waals surface area contributed by atoms with Gasteiger partial charge in [0.1, 0.15) is 0 Å². The number of carbonyl (C=O) groups is 1. The lowest BCUT2D eigenvalue weighted by molar-refractivity contribution is -0.116. The summed E-state index contributed by atoms with van der Waals surface area (Å²) in [7, 11) is 0. The number of ether oxygens (including phenoxy) is 1. The lowest BCUT2D eigenvalue weighted by Gasteiger charge is -2.26. The number of guanidine groups is 1. The van der Waals surface area contributed by atoms with E-state index in [9.17, 15) is 4.79 Å². The molecule has 3 N–H and O–H groups in total. The van der Waals surface area contributed by atoms with Crippen LogP contribution in [0, 0.1) is 0 Å². The average molecular weight is 388 g/mol. The molecule has 0 bridgehead atoms. The van der Waals surface area contributed by atoms with E-state index in [1.165, 1.54) is 25.7 Å². The molecule has 0 spiro atoms. The molecule has 0 radical (unpaired) electrons. The first-order valence-corrected chi connectivity index (χ1v) is 10.4. The topological polar surface area (TPSA) is 83.2 Å². The van der Waals surface area contributed by atoms with Crippen molar-refractivity contribution in [3.8, 4) is 0 Å². The number of nitrogens with zero attached hydrogens (tertiary/aromatic N) is 3. The summed E-state index contributed by atoms with van der Waals surface area (Å²) in [5, 5.41) is 2.99. The van der Waals surface area contributed by atoms with E-state index in [2.05, 4.69) is 20.1 Å². The van der Waals surface area contributed by atoms with Gasteiger partial charge in [0.2, 0.25) is 5.91 Å². The molecule has 3 rings (SSSR count). The predicted molar refractivity (Wildman–Crippen MR) is 112 cm³/mol. The fourth-order valence-corrected chi connectivity index (χ4v) is 3.63. The number of amides is 1. The van der Waals surface area contributed by atoms with E-state index in [1.807, 2.05) is 24.3 Å². The first-order valence-electron chi connectivity index (χ1n) is 10.4. The molecular formula is C21H33N5O2. The van der Waals surface area contributed by atoms with Crippen LogP contribution in [0.4, 0.5) is 5.69 Å². The molecule has 2 saturated heterocycles. The summed E-state index contributed by atoms with van der Waals surface area (Å²) in [6.45, 7) is 6.60. The molecule has 2 heterocycles. The van der Waals surface area contributed by atoms with E-state index >= 15 is 0 Å². The number of rotatable bonds is 6. The Balaban J connectivity index is 1.47. The number of carbonyl (C=O) groups excluding carboxylic acids is 1. The first-order chi connectivity index (χ1) is 13.7. The summed E-state index contributed by atoms with van der Waals surface area (Å²) in [4.78, 5) is 21.3. The van der Waals surface area contributed by atoms with Crippen molar-refractivity contribution in [1.82, 2.24) is 9.80 Å². The van der Waals surface area contributed by atoms with Crippen LogP contribution in [0.2, 0.25) is 0 Å². The van der Waals surface area contributed by atoms with Crippen LogP contribution in [-0.2, 0) is 16.1 Å². The number of hydrogen-bond donors (Lipinski definition) is 2. The smallest absolute Gasteiger partial charge is 0.225 e. The van der Waals surface area contributed by atoms with Gasteiger partial charge in [-0.05, 0) is 30.5 Å². The van der Waals surface area contributed by atoms with Gasteiger partial charge in [0, 0.05) is 44.8 Å². The minimum absolute atomic E-state index is 0.0382. The third kappa shape index (κ3) is 6.80. The van der Waals surface area contributed by atoms with Gasteiger partial charge in [-0.1, -0.05) is 25.0 Å². The number of nitrogens with two attached hydrogens (primary N) is 1. The van der Waals surface area contributed by atoms with Crippen LogP contribution in [0.5, 0.6) is 0 Å². The van der Waals surface area contributed by atoms with Crippen molar-refractivity contribution in [2.24, 2.45) is 10.7 Å². The van der Waals surface area contributed by atoms with Gasteiger partial charge in [0.15, 0.2) is 5.96 Å². The highest BCUT2D eigenvalue weighted by Crippen LogP contribution is 2.13. The van der Waals surface area contributed by atoms with E-state index in [0.717, 1.165) is 57.2 Å². The number of likely N-dealkylation sites (tertiary alicyclic amines) is 1. The van der Waals surface area contributed by atoms with Crippen LogP contribution in [0.1, 0.15) is 37.7 Å². The van der Waals surface area contributed by atoms with Gasteiger partial charge in [-0.3, -0.25) is 9.69 Å². The fraction of sp³-hybridized carbons (Fsp3) is 0.619. The molecule has 1 amide bonds. The van der Waals surface area contributed by atoms with Crippen molar-refractivity contribution in [1.29, 1.82) is 0 Å². The van der Waals surface area contributed by atoms with Crippen molar-refractivity contribution in [2.75, 3.05) is 51.3 Å². The second-order valence-corrected chi connectivity index (χ2v) is 7.53. The first kappa shape index (κ1) is 20.6. The zero-order valence-electron chi connectivity index (χ0n) is 16.7. The molecule has 0 aromatic heterocycles. The lowest BCUT2D eigenvalue weighted by atomic mass is 10.2. The Bertz CT molecular complexity index is 650. The highest BCUT2D eigenvalue weighted by atomic mass is 16.5. The predicted octanol–water partition coefficient (Wildman–Crippen LogP) is 2.04. The molecule has 0 unspecified atom stereocenters. The van der Waals surface area contributed by atoms with Crippen LogP contribution < -0.4 is 11.1 Å². The lowest BCUT2D eigenvalue weighted by Crippen LogP contribution is -2.38. The van der Waals surface area contributed by atoms with E-state index in [1.54, 1.807) is 0 Å². The molecular weight excluding hydrogens is 354 g/mol. The Morgan fingerprint density at radius 3 is 2.61 bits per heavy atom. The summed E-state index contributed by atoms with van der Waals surface area (Å²) in [6, 6.07) is 7.86. The summed E-state index contributed by atoms with van der Waals surface area (Å²) >= 11 is 0. The number of hydrogen-bond acceptors (Lipinski definition) is 4. The largest absolute Gasteiger partial charge is 0.379 e. The van der Waals surface area contributed by atoms with Crippen molar-refractivity contribution in [3.63, 3.8) is 0 Å². The number of morpholine rings is 1. The molecule has 0 saturated carbocycles. The molecule has 154 valence electrons. The maximum atomic E-state index is 12.2. The molecule has 28 heavy (non-hydrogen) atoms. The van der Waals surface area contributed by atoms with Crippen LogP contribution >= 0.6 is 0 Å².